The van der Waals surface area contributed by atoms with Gasteiger partial charge in [0.05, 0.1) is 6.61 Å². The van der Waals surface area contributed by atoms with E-state index in [2.05, 4.69) is 4.74 Å². The predicted octanol–water partition coefficient (Wildman–Crippen LogP) is 5.24. The van der Waals surface area contributed by atoms with Crippen LogP contribution in [0.2, 0.25) is 0 Å². The molecule has 0 spiro atoms. The van der Waals surface area contributed by atoms with Crippen molar-refractivity contribution in [1.29, 1.82) is 0 Å². The van der Waals surface area contributed by atoms with Crippen LogP contribution in [0.5, 0.6) is 0 Å². The molecule has 4 nitrogen and oxygen atoms in total. The highest BCUT2D eigenvalue weighted by Crippen LogP contribution is 2.59. The number of rotatable bonds is 9. The molecule has 0 aromatic heterocycles. The SMILES string of the molecule is CCOC(=O)NC(C(F)(F)C(F)(F)C(F)(F)C(F)F)P(=O)(c1ccccc1)c1ccccc1. The van der Waals surface area contributed by atoms with Gasteiger partial charge in [-0.05, 0) is 6.92 Å². The summed E-state index contributed by atoms with van der Waals surface area (Å²) in [5, 5.41) is 0.241. The fourth-order valence-corrected chi connectivity index (χ4v) is 6.00. The number of nitrogens with one attached hydrogen (secondary N) is 1. The number of carbonyl (C=O) groups is 1. The zero-order chi connectivity index (χ0) is 25.1. The van der Waals surface area contributed by atoms with E-state index in [1.165, 1.54) is 48.6 Å². The van der Waals surface area contributed by atoms with Crippen molar-refractivity contribution < 1.29 is 49.2 Å². The summed E-state index contributed by atoms with van der Waals surface area (Å²) in [5.41, 5.74) is 0. The van der Waals surface area contributed by atoms with Gasteiger partial charge in [-0.3, -0.25) is 0 Å². The van der Waals surface area contributed by atoms with Crippen molar-refractivity contribution in [2.75, 3.05) is 6.61 Å². The van der Waals surface area contributed by atoms with Crippen LogP contribution in [0.4, 0.5) is 39.9 Å². The summed E-state index contributed by atoms with van der Waals surface area (Å²) in [7, 11) is -5.15. The molecule has 2 aromatic rings. The number of ether oxygens (including phenoxy) is 1. The standard InChI is InChI=1S/C20H18F8NO3P/c1-2-32-17(30)29-16(19(25,26)20(27,28)18(23,24)15(21)22)33(31,13-9-5-3-6-10-13)14-11-7-4-8-12-14/h3-12,15-16H,2H2,1H3,(H,29,30). The molecule has 0 radical (unpaired) electrons. The highest BCUT2D eigenvalue weighted by molar-refractivity contribution is 7.79. The van der Waals surface area contributed by atoms with Crippen LogP contribution < -0.4 is 15.9 Å². The molecule has 1 amide bonds. The van der Waals surface area contributed by atoms with E-state index in [1.807, 2.05) is 0 Å². The van der Waals surface area contributed by atoms with Gasteiger partial charge in [-0.1, -0.05) is 60.7 Å². The minimum atomic E-state index is -6.72. The number of benzene rings is 2. The predicted molar refractivity (Wildman–Crippen MR) is 105 cm³/mol. The van der Waals surface area contributed by atoms with E-state index in [1.54, 1.807) is 0 Å². The molecular weight excluding hydrogens is 485 g/mol. The Morgan fingerprint density at radius 3 is 1.67 bits per heavy atom. The summed E-state index contributed by atoms with van der Waals surface area (Å²) in [6, 6.07) is 11.5. The summed E-state index contributed by atoms with van der Waals surface area (Å²) < 4.78 is 130. The molecule has 13 heteroatoms. The van der Waals surface area contributed by atoms with Gasteiger partial charge < -0.3 is 14.6 Å². The fourth-order valence-electron chi connectivity index (χ4n) is 2.97. The van der Waals surface area contributed by atoms with Crippen LogP contribution in [-0.2, 0) is 9.30 Å². The molecule has 33 heavy (non-hydrogen) atoms. The second-order valence-electron chi connectivity index (χ2n) is 6.72. The second-order valence-corrected chi connectivity index (χ2v) is 9.58. The van der Waals surface area contributed by atoms with Crippen LogP contribution >= 0.6 is 7.14 Å². The van der Waals surface area contributed by atoms with E-state index >= 15 is 8.78 Å². The number of carbonyl (C=O) groups excluding carboxylic acids is 1. The van der Waals surface area contributed by atoms with Crippen LogP contribution in [0.1, 0.15) is 6.92 Å². The number of hydrogen-bond acceptors (Lipinski definition) is 3. The van der Waals surface area contributed by atoms with Crippen molar-refractivity contribution in [3.05, 3.63) is 60.7 Å². The highest BCUT2D eigenvalue weighted by Gasteiger charge is 2.79. The molecule has 0 aliphatic rings. The summed E-state index contributed by atoms with van der Waals surface area (Å²) >= 11 is 0. The summed E-state index contributed by atoms with van der Waals surface area (Å²) in [6.07, 6.45) is -6.97. The van der Waals surface area contributed by atoms with E-state index in [9.17, 15) is 35.7 Å². The number of halogens is 8. The van der Waals surface area contributed by atoms with Crippen LogP contribution in [0.25, 0.3) is 0 Å². The molecule has 0 fully saturated rings. The number of amides is 1. The van der Waals surface area contributed by atoms with Crippen LogP contribution in [0, 0.1) is 0 Å². The zero-order valence-electron chi connectivity index (χ0n) is 16.8. The Hall–Kier alpha value is -2.62. The Morgan fingerprint density at radius 1 is 0.879 bits per heavy atom. The van der Waals surface area contributed by atoms with E-state index in [0.29, 0.717) is 0 Å². The lowest BCUT2D eigenvalue weighted by Crippen LogP contribution is -2.66. The van der Waals surface area contributed by atoms with Gasteiger partial charge in [0.15, 0.2) is 12.9 Å². The average Bonchev–Trinajstić information content (AvgIpc) is 2.78. The lowest BCUT2D eigenvalue weighted by atomic mass is 10.0. The van der Waals surface area contributed by atoms with Gasteiger partial charge in [-0.25, -0.2) is 13.6 Å². The maximum Gasteiger partial charge on any atom is 0.407 e. The minimum absolute atomic E-state index is 0.450. The molecule has 1 unspecified atom stereocenters. The molecule has 2 rings (SSSR count). The molecule has 1 N–H and O–H groups in total. The molecule has 0 aliphatic carbocycles. The van der Waals surface area contributed by atoms with Crippen molar-refractivity contribution in [2.24, 2.45) is 0 Å². The molecule has 1 atom stereocenters. The van der Waals surface area contributed by atoms with Gasteiger partial charge in [0, 0.05) is 10.6 Å². The Morgan fingerprint density at radius 2 is 1.30 bits per heavy atom. The molecule has 0 heterocycles. The Kier molecular flexibility index (Phi) is 7.83. The van der Waals surface area contributed by atoms with Gasteiger partial charge in [0.1, 0.15) is 0 Å². The third-order valence-electron chi connectivity index (χ3n) is 4.63. The van der Waals surface area contributed by atoms with Crippen molar-refractivity contribution in [2.45, 2.75) is 36.9 Å². The molecule has 0 bridgehead atoms. The second kappa shape index (κ2) is 9.70. The average molecular weight is 503 g/mol. The largest absolute Gasteiger partial charge is 0.450 e. The highest BCUT2D eigenvalue weighted by atomic mass is 31.2. The molecular formula is C20H18F8NO3P. The first-order chi connectivity index (χ1) is 15.2. The van der Waals surface area contributed by atoms with Crippen LogP contribution in [0.15, 0.2) is 60.7 Å². The summed E-state index contributed by atoms with van der Waals surface area (Å²) in [4.78, 5) is 12.0. The van der Waals surface area contributed by atoms with E-state index in [0.717, 1.165) is 24.3 Å². The van der Waals surface area contributed by atoms with E-state index in [4.69, 9.17) is 0 Å². The van der Waals surface area contributed by atoms with Gasteiger partial charge in [0.25, 0.3) is 0 Å². The first-order valence-corrected chi connectivity index (χ1v) is 11.1. The Bertz CT molecular complexity index is 946. The summed E-state index contributed by atoms with van der Waals surface area (Å²) in [6.45, 7) is 0.773. The number of hydrogen-bond donors (Lipinski definition) is 1. The molecule has 2 aromatic carbocycles. The van der Waals surface area contributed by atoms with E-state index < -0.39 is 60.4 Å². The third kappa shape index (κ3) is 4.71. The fraction of sp³-hybridized carbons (Fsp3) is 0.350. The number of alkyl carbamates (subject to hydrolysis) is 1. The molecule has 0 saturated heterocycles. The lowest BCUT2D eigenvalue weighted by Gasteiger charge is -2.40. The van der Waals surface area contributed by atoms with Gasteiger partial charge in [-0.15, -0.1) is 0 Å². The maximum atomic E-state index is 15.2. The molecule has 0 saturated carbocycles. The van der Waals surface area contributed by atoms with Crippen molar-refractivity contribution in [3.63, 3.8) is 0 Å². The monoisotopic (exact) mass is 503 g/mol. The van der Waals surface area contributed by atoms with Gasteiger partial charge >= 0.3 is 30.3 Å². The first kappa shape index (κ1) is 26.6. The van der Waals surface area contributed by atoms with Crippen LogP contribution in [0.3, 0.4) is 0 Å². The maximum absolute atomic E-state index is 15.2. The topological polar surface area (TPSA) is 55.4 Å². The molecule has 0 aliphatic heterocycles. The molecule has 182 valence electrons. The zero-order valence-corrected chi connectivity index (χ0v) is 17.7. The first-order valence-electron chi connectivity index (χ1n) is 9.30. The van der Waals surface area contributed by atoms with Crippen molar-refractivity contribution in [1.82, 2.24) is 5.32 Å². The van der Waals surface area contributed by atoms with E-state index in [-0.39, 0.29) is 0 Å². The summed E-state index contributed by atoms with van der Waals surface area (Å²) in [5.74, 6) is -23.0. The van der Waals surface area contributed by atoms with Gasteiger partial charge in [0.2, 0.25) is 0 Å². The Balaban J connectivity index is 2.86. The normalized spacial score (nSPS) is 14.1. The Labute approximate surface area is 183 Å². The van der Waals surface area contributed by atoms with Crippen molar-refractivity contribution >= 4 is 23.8 Å². The smallest absolute Gasteiger partial charge is 0.407 e. The van der Waals surface area contributed by atoms with Gasteiger partial charge in [-0.2, -0.15) is 26.3 Å². The lowest BCUT2D eigenvalue weighted by molar-refractivity contribution is -0.339. The van der Waals surface area contributed by atoms with Crippen LogP contribution in [-0.4, -0.2) is 42.7 Å². The minimum Gasteiger partial charge on any atom is -0.450 e. The quantitative estimate of drug-likeness (QED) is 0.376. The number of alkyl halides is 8. The van der Waals surface area contributed by atoms with Crippen molar-refractivity contribution in [3.8, 4) is 0 Å². The third-order valence-corrected chi connectivity index (χ3v) is 7.94.